The van der Waals surface area contributed by atoms with Gasteiger partial charge >= 0.3 is 0 Å². The summed E-state index contributed by atoms with van der Waals surface area (Å²) in [4.78, 5) is 0. The summed E-state index contributed by atoms with van der Waals surface area (Å²) in [5.41, 5.74) is 0. The lowest BCUT2D eigenvalue weighted by molar-refractivity contribution is 0.198. The Kier molecular flexibility index (Phi) is 1.99. The third-order valence-corrected chi connectivity index (χ3v) is 2.08. The fraction of sp³-hybridized carbons (Fsp3) is 1.00. The maximum atomic E-state index is 10.1. The Hall–Kier alpha value is 0.0700. The van der Waals surface area contributed by atoms with Crippen molar-refractivity contribution in [3.8, 4) is 0 Å². The average Bonchev–Trinajstić information content (AvgIpc) is 2.12. The summed E-state index contributed by atoms with van der Waals surface area (Å²) >= 11 is -1.92. The first-order valence-electron chi connectivity index (χ1n) is 2.46. The van der Waals surface area contributed by atoms with Gasteiger partial charge in [-0.25, -0.2) is 0 Å². The van der Waals surface area contributed by atoms with Gasteiger partial charge in [-0.3, -0.25) is 4.21 Å². The second-order valence-electron chi connectivity index (χ2n) is 1.75. The molecule has 2 atom stereocenters. The van der Waals surface area contributed by atoms with Crippen molar-refractivity contribution >= 4 is 11.1 Å². The van der Waals surface area contributed by atoms with E-state index >= 15 is 0 Å². The van der Waals surface area contributed by atoms with Crippen LogP contribution in [0.3, 0.4) is 0 Å². The third-order valence-electron chi connectivity index (χ3n) is 1.16. The third kappa shape index (κ3) is 1.27. The van der Waals surface area contributed by atoms with E-state index in [9.17, 15) is 8.76 Å². The summed E-state index contributed by atoms with van der Waals surface area (Å²) in [6.07, 6.45) is 0.663. The van der Waals surface area contributed by atoms with Crippen molar-refractivity contribution in [2.24, 2.45) is 0 Å². The molecule has 0 saturated carbocycles. The van der Waals surface area contributed by atoms with Crippen molar-refractivity contribution in [2.75, 3.05) is 13.2 Å². The van der Waals surface area contributed by atoms with Crippen LogP contribution in [0.25, 0.3) is 0 Å². The van der Waals surface area contributed by atoms with E-state index < -0.39 is 11.1 Å². The highest BCUT2D eigenvalue weighted by molar-refractivity contribution is 7.79. The summed E-state index contributed by atoms with van der Waals surface area (Å²) in [7, 11) is 0. The molecule has 0 N–H and O–H groups in total. The van der Waals surface area contributed by atoms with Crippen LogP contribution in [0.4, 0.5) is 0 Å². The van der Waals surface area contributed by atoms with E-state index in [1.807, 2.05) is 0 Å². The first-order chi connectivity index (χ1) is 3.80. The molecule has 1 rings (SSSR count). The van der Waals surface area contributed by atoms with Crippen LogP contribution >= 0.6 is 0 Å². The molecule has 1 unspecified atom stereocenters. The Bertz CT molecular complexity index is 97.5. The van der Waals surface area contributed by atoms with E-state index in [4.69, 9.17) is 4.74 Å². The van der Waals surface area contributed by atoms with E-state index in [-0.39, 0.29) is 5.25 Å². The molecule has 0 aliphatic carbocycles. The Morgan fingerprint density at radius 1 is 1.75 bits per heavy atom. The van der Waals surface area contributed by atoms with Crippen molar-refractivity contribution in [3.63, 3.8) is 0 Å². The van der Waals surface area contributed by atoms with Gasteiger partial charge in [0, 0.05) is 11.9 Å². The highest BCUT2D eigenvalue weighted by Gasteiger charge is 2.15. The van der Waals surface area contributed by atoms with Gasteiger partial charge in [0.1, 0.15) is 0 Å². The fourth-order valence-electron chi connectivity index (χ4n) is 0.665. The largest absolute Gasteiger partial charge is 0.772 e. The van der Waals surface area contributed by atoms with Gasteiger partial charge in [0.15, 0.2) is 0 Å². The van der Waals surface area contributed by atoms with Crippen LogP contribution in [0.2, 0.25) is 0 Å². The Balaban J connectivity index is 2.35. The molecule has 1 heterocycles. The van der Waals surface area contributed by atoms with Gasteiger partial charge < -0.3 is 9.29 Å². The molecule has 48 valence electrons. The van der Waals surface area contributed by atoms with E-state index in [2.05, 4.69) is 0 Å². The summed E-state index contributed by atoms with van der Waals surface area (Å²) in [5, 5.41) is -0.241. The molecule has 0 aromatic carbocycles. The summed E-state index contributed by atoms with van der Waals surface area (Å²) in [6.45, 7) is 0.981. The molecule has 1 aliphatic rings. The SMILES string of the molecule is O=S([O-])[C@H]1CCOC1. The molecular weight excluding hydrogens is 128 g/mol. The van der Waals surface area contributed by atoms with Gasteiger partial charge in [-0.2, -0.15) is 0 Å². The first-order valence-corrected chi connectivity index (χ1v) is 3.60. The van der Waals surface area contributed by atoms with Crippen molar-refractivity contribution in [1.82, 2.24) is 0 Å². The molecule has 4 heteroatoms. The minimum atomic E-state index is -1.92. The summed E-state index contributed by atoms with van der Waals surface area (Å²) < 4.78 is 25.1. The number of hydrogen-bond acceptors (Lipinski definition) is 3. The van der Waals surface area contributed by atoms with Gasteiger partial charge in [-0.1, -0.05) is 0 Å². The molecule has 3 nitrogen and oxygen atoms in total. The smallest absolute Gasteiger partial charge is 0.0599 e. The van der Waals surface area contributed by atoms with Crippen LogP contribution in [0, 0.1) is 0 Å². The highest BCUT2D eigenvalue weighted by atomic mass is 32.2. The molecule has 0 spiro atoms. The van der Waals surface area contributed by atoms with E-state index in [1.54, 1.807) is 0 Å². The molecule has 0 aromatic rings. The summed E-state index contributed by atoms with van der Waals surface area (Å²) in [6, 6.07) is 0. The standard InChI is InChI=1S/C4H8O3S/c5-8(6)4-1-2-7-3-4/h4H,1-3H2,(H,5,6)/p-1/t4-/m0/s1. The average molecular weight is 135 g/mol. The maximum Gasteiger partial charge on any atom is 0.0599 e. The molecule has 0 aromatic heterocycles. The maximum absolute atomic E-state index is 10.1. The minimum absolute atomic E-state index is 0.241. The molecular formula is C4H7O3S-. The zero-order valence-corrected chi connectivity index (χ0v) is 5.15. The van der Waals surface area contributed by atoms with E-state index in [1.165, 1.54) is 0 Å². The molecule has 8 heavy (non-hydrogen) atoms. The molecule has 0 bridgehead atoms. The van der Waals surface area contributed by atoms with Crippen LogP contribution in [0.1, 0.15) is 6.42 Å². The Morgan fingerprint density at radius 2 is 2.50 bits per heavy atom. The Labute approximate surface area is 50.3 Å². The zero-order valence-electron chi connectivity index (χ0n) is 4.33. The van der Waals surface area contributed by atoms with Crippen LogP contribution in [0.5, 0.6) is 0 Å². The molecule has 1 fully saturated rings. The predicted octanol–water partition coefficient (Wildman–Crippen LogP) is -0.346. The van der Waals surface area contributed by atoms with Gasteiger partial charge in [-0.15, -0.1) is 0 Å². The minimum Gasteiger partial charge on any atom is -0.772 e. The summed E-state index contributed by atoms with van der Waals surface area (Å²) in [5.74, 6) is 0. The lowest BCUT2D eigenvalue weighted by Gasteiger charge is -2.09. The normalized spacial score (nSPS) is 32.9. The van der Waals surface area contributed by atoms with Crippen molar-refractivity contribution in [3.05, 3.63) is 0 Å². The monoisotopic (exact) mass is 135 g/mol. The number of hydrogen-bond donors (Lipinski definition) is 0. The quantitative estimate of drug-likeness (QED) is 0.462. The second kappa shape index (κ2) is 2.57. The van der Waals surface area contributed by atoms with Crippen LogP contribution in [0.15, 0.2) is 0 Å². The van der Waals surface area contributed by atoms with Gasteiger partial charge in [0.25, 0.3) is 0 Å². The van der Waals surface area contributed by atoms with Crippen molar-refractivity contribution in [1.29, 1.82) is 0 Å². The van der Waals surface area contributed by atoms with Crippen LogP contribution in [-0.4, -0.2) is 27.2 Å². The lowest BCUT2D eigenvalue weighted by atomic mass is 10.4. The Morgan fingerprint density at radius 3 is 2.75 bits per heavy atom. The molecule has 1 saturated heterocycles. The van der Waals surface area contributed by atoms with E-state index in [0.29, 0.717) is 19.6 Å². The van der Waals surface area contributed by atoms with Crippen molar-refractivity contribution < 1.29 is 13.5 Å². The van der Waals surface area contributed by atoms with Gasteiger partial charge in [-0.05, 0) is 17.5 Å². The fourth-order valence-corrected chi connectivity index (χ4v) is 1.16. The molecule has 0 amide bonds. The zero-order chi connectivity index (χ0) is 5.98. The number of ether oxygens (including phenoxy) is 1. The second-order valence-corrected chi connectivity index (χ2v) is 2.93. The molecule has 1 aliphatic heterocycles. The molecule has 0 radical (unpaired) electrons. The predicted molar refractivity (Wildman–Crippen MR) is 28.1 cm³/mol. The van der Waals surface area contributed by atoms with Crippen LogP contribution in [-0.2, 0) is 15.8 Å². The van der Waals surface area contributed by atoms with E-state index in [0.717, 1.165) is 0 Å². The van der Waals surface area contributed by atoms with Crippen molar-refractivity contribution in [2.45, 2.75) is 11.7 Å². The first kappa shape index (κ1) is 6.19. The highest BCUT2D eigenvalue weighted by Crippen LogP contribution is 2.08. The number of rotatable bonds is 1. The van der Waals surface area contributed by atoms with Crippen LogP contribution < -0.4 is 0 Å². The lowest BCUT2D eigenvalue weighted by Crippen LogP contribution is -2.13. The topological polar surface area (TPSA) is 49.4 Å². The van der Waals surface area contributed by atoms with Gasteiger partial charge in [0.2, 0.25) is 0 Å². The van der Waals surface area contributed by atoms with Gasteiger partial charge in [0.05, 0.1) is 6.61 Å².